The molecular formula is C22H21FN2O4. The molecule has 0 aliphatic carbocycles. The van der Waals surface area contributed by atoms with E-state index >= 15 is 0 Å². The summed E-state index contributed by atoms with van der Waals surface area (Å²) < 4.78 is 31.0. The molecule has 0 spiro atoms. The Morgan fingerprint density at radius 1 is 1.28 bits per heavy atom. The van der Waals surface area contributed by atoms with E-state index in [2.05, 4.69) is 10.3 Å². The topological polar surface area (TPSA) is 73.1 Å². The van der Waals surface area contributed by atoms with Gasteiger partial charge in [0.05, 0.1) is 13.2 Å². The molecule has 1 N–H and O–H groups in total. The molecule has 2 aromatic carbocycles. The second-order valence-corrected chi connectivity index (χ2v) is 6.75. The maximum Gasteiger partial charge on any atom is 0.256 e. The zero-order valence-electron chi connectivity index (χ0n) is 16.0. The molecule has 1 aliphatic heterocycles. The molecule has 1 aromatic heterocycles. The van der Waals surface area contributed by atoms with Crippen molar-refractivity contribution in [2.75, 3.05) is 20.3 Å². The maximum atomic E-state index is 14.1. The number of halogens is 1. The molecule has 0 radical (unpaired) electrons. The van der Waals surface area contributed by atoms with E-state index in [-0.39, 0.29) is 28.8 Å². The van der Waals surface area contributed by atoms with Crippen LogP contribution < -0.4 is 15.6 Å². The average molecular weight is 396 g/mol. The summed E-state index contributed by atoms with van der Waals surface area (Å²) in [5.41, 5.74) is 0.739. The summed E-state index contributed by atoms with van der Waals surface area (Å²) in [4.78, 5) is 17.2. The highest BCUT2D eigenvalue weighted by atomic mass is 19.1. The molecular weight excluding hydrogens is 375 g/mol. The van der Waals surface area contributed by atoms with Gasteiger partial charge in [-0.15, -0.1) is 0 Å². The molecule has 1 fully saturated rings. The SMILES string of the molecule is COc1cccc2cc(C(=O)NCC3CCCO3)c(=Nc3ccccc3F)oc12. The minimum Gasteiger partial charge on any atom is -0.493 e. The van der Waals surface area contributed by atoms with E-state index in [0.717, 1.165) is 12.8 Å². The molecule has 1 aliphatic rings. The number of amides is 1. The molecule has 7 heteroatoms. The van der Waals surface area contributed by atoms with E-state index in [0.29, 0.717) is 29.9 Å². The summed E-state index contributed by atoms with van der Waals surface area (Å²) in [5.74, 6) is -0.364. The van der Waals surface area contributed by atoms with Crippen LogP contribution in [-0.4, -0.2) is 32.3 Å². The Labute approximate surface area is 167 Å². The summed E-state index contributed by atoms with van der Waals surface area (Å²) in [6.07, 6.45) is 1.90. The van der Waals surface area contributed by atoms with Crippen LogP contribution in [0.1, 0.15) is 23.2 Å². The van der Waals surface area contributed by atoms with Crippen LogP contribution in [0.4, 0.5) is 10.1 Å². The Hall–Kier alpha value is -3.19. The molecule has 29 heavy (non-hydrogen) atoms. The average Bonchev–Trinajstić information content (AvgIpc) is 3.26. The fourth-order valence-electron chi connectivity index (χ4n) is 3.29. The summed E-state index contributed by atoms with van der Waals surface area (Å²) in [7, 11) is 1.53. The first-order valence-electron chi connectivity index (χ1n) is 9.45. The molecule has 1 saturated heterocycles. The third-order valence-corrected chi connectivity index (χ3v) is 4.79. The van der Waals surface area contributed by atoms with Crippen molar-refractivity contribution in [2.45, 2.75) is 18.9 Å². The smallest absolute Gasteiger partial charge is 0.256 e. The first-order chi connectivity index (χ1) is 14.2. The normalized spacial score (nSPS) is 16.9. The van der Waals surface area contributed by atoms with Gasteiger partial charge in [-0.05, 0) is 37.1 Å². The van der Waals surface area contributed by atoms with Crippen molar-refractivity contribution in [1.29, 1.82) is 0 Å². The molecule has 3 aromatic rings. The quantitative estimate of drug-likeness (QED) is 0.713. The fraction of sp³-hybridized carbons (Fsp3) is 0.273. The van der Waals surface area contributed by atoms with Crippen molar-refractivity contribution < 1.29 is 23.1 Å². The third kappa shape index (κ3) is 4.14. The number of carbonyl (C=O) groups excluding carboxylic acids is 1. The molecule has 1 amide bonds. The number of benzene rings is 2. The highest BCUT2D eigenvalue weighted by Gasteiger charge is 2.19. The highest BCUT2D eigenvalue weighted by molar-refractivity contribution is 5.97. The Morgan fingerprint density at radius 2 is 2.14 bits per heavy atom. The first-order valence-corrected chi connectivity index (χ1v) is 9.45. The molecule has 150 valence electrons. The molecule has 2 heterocycles. The Kier molecular flexibility index (Phi) is 5.57. The molecule has 1 unspecified atom stereocenters. The second kappa shape index (κ2) is 8.45. The molecule has 6 nitrogen and oxygen atoms in total. The van der Waals surface area contributed by atoms with Crippen LogP contribution in [0, 0.1) is 5.82 Å². The summed E-state index contributed by atoms with van der Waals surface area (Å²) in [6.45, 7) is 1.10. The van der Waals surface area contributed by atoms with Gasteiger partial charge < -0.3 is 19.2 Å². The van der Waals surface area contributed by atoms with E-state index in [1.807, 2.05) is 6.07 Å². The summed E-state index contributed by atoms with van der Waals surface area (Å²) in [6, 6.07) is 13.1. The lowest BCUT2D eigenvalue weighted by molar-refractivity contribution is 0.0854. The van der Waals surface area contributed by atoms with Gasteiger partial charge in [0.1, 0.15) is 17.1 Å². The van der Waals surface area contributed by atoms with Crippen molar-refractivity contribution in [3.05, 3.63) is 65.5 Å². The van der Waals surface area contributed by atoms with Gasteiger partial charge in [-0.25, -0.2) is 9.38 Å². The van der Waals surface area contributed by atoms with E-state index < -0.39 is 5.82 Å². The number of fused-ring (bicyclic) bond motifs is 1. The predicted octanol–water partition coefficient (Wildman–Crippen LogP) is 3.72. The van der Waals surface area contributed by atoms with Gasteiger partial charge in [-0.2, -0.15) is 0 Å². The highest BCUT2D eigenvalue weighted by Crippen LogP contribution is 2.25. The summed E-state index contributed by atoms with van der Waals surface area (Å²) >= 11 is 0. The van der Waals surface area contributed by atoms with Crippen molar-refractivity contribution in [3.63, 3.8) is 0 Å². The van der Waals surface area contributed by atoms with E-state index in [1.165, 1.54) is 19.2 Å². The van der Waals surface area contributed by atoms with Gasteiger partial charge in [0, 0.05) is 18.5 Å². The number of ether oxygens (including phenoxy) is 2. The van der Waals surface area contributed by atoms with Gasteiger partial charge in [0.2, 0.25) is 5.55 Å². The van der Waals surface area contributed by atoms with Crippen LogP contribution >= 0.6 is 0 Å². The van der Waals surface area contributed by atoms with Crippen LogP contribution in [-0.2, 0) is 4.74 Å². The summed E-state index contributed by atoms with van der Waals surface area (Å²) in [5, 5.41) is 3.55. The Bertz CT molecular complexity index is 1100. The molecule has 4 rings (SSSR count). The number of nitrogens with one attached hydrogen (secondary N) is 1. The third-order valence-electron chi connectivity index (χ3n) is 4.79. The van der Waals surface area contributed by atoms with Crippen LogP contribution in [0.5, 0.6) is 5.75 Å². The van der Waals surface area contributed by atoms with Crippen LogP contribution in [0.25, 0.3) is 11.0 Å². The van der Waals surface area contributed by atoms with Gasteiger partial charge in [0.25, 0.3) is 5.91 Å². The number of nitrogens with zero attached hydrogens (tertiary/aromatic N) is 1. The van der Waals surface area contributed by atoms with Crippen LogP contribution in [0.15, 0.2) is 57.9 Å². The number of rotatable bonds is 5. The second-order valence-electron chi connectivity index (χ2n) is 6.75. The molecule has 1 atom stereocenters. The number of hydrogen-bond donors (Lipinski definition) is 1. The minimum absolute atomic E-state index is 0.00314. The molecule has 0 saturated carbocycles. The zero-order chi connectivity index (χ0) is 20.2. The lowest BCUT2D eigenvalue weighted by Crippen LogP contribution is -2.34. The van der Waals surface area contributed by atoms with E-state index in [1.54, 1.807) is 30.3 Å². The van der Waals surface area contributed by atoms with E-state index in [9.17, 15) is 9.18 Å². The van der Waals surface area contributed by atoms with Crippen LogP contribution in [0.3, 0.4) is 0 Å². The lowest BCUT2D eigenvalue weighted by atomic mass is 10.1. The predicted molar refractivity (Wildman–Crippen MR) is 106 cm³/mol. The van der Waals surface area contributed by atoms with Crippen molar-refractivity contribution in [1.82, 2.24) is 5.32 Å². The Balaban J connectivity index is 1.80. The lowest BCUT2D eigenvalue weighted by Gasteiger charge is -2.12. The fourth-order valence-corrected chi connectivity index (χ4v) is 3.29. The zero-order valence-corrected chi connectivity index (χ0v) is 16.0. The van der Waals surface area contributed by atoms with Gasteiger partial charge in [-0.1, -0.05) is 24.3 Å². The Morgan fingerprint density at radius 3 is 2.90 bits per heavy atom. The minimum atomic E-state index is -0.506. The molecule has 0 bridgehead atoms. The number of para-hydroxylation sites is 2. The van der Waals surface area contributed by atoms with Crippen molar-refractivity contribution >= 4 is 22.6 Å². The standard InChI is InChI=1S/C22H21FN2O4/c1-27-19-10-4-6-14-12-16(21(26)24-13-15-7-5-11-28-15)22(29-20(14)19)25-18-9-3-2-8-17(18)23/h2-4,6,8-10,12,15H,5,7,11,13H2,1H3,(H,24,26). The number of methoxy groups -OCH3 is 1. The number of hydrogen-bond acceptors (Lipinski definition) is 5. The van der Waals surface area contributed by atoms with E-state index in [4.69, 9.17) is 13.9 Å². The number of carbonyl (C=O) groups is 1. The van der Waals surface area contributed by atoms with Gasteiger partial charge in [0.15, 0.2) is 11.3 Å². The first kappa shape index (κ1) is 19.1. The van der Waals surface area contributed by atoms with Crippen molar-refractivity contribution in [3.8, 4) is 5.75 Å². The van der Waals surface area contributed by atoms with Gasteiger partial charge in [-0.3, -0.25) is 4.79 Å². The van der Waals surface area contributed by atoms with Gasteiger partial charge >= 0.3 is 0 Å². The maximum absolute atomic E-state index is 14.1. The largest absolute Gasteiger partial charge is 0.493 e. The van der Waals surface area contributed by atoms with Crippen molar-refractivity contribution in [2.24, 2.45) is 4.99 Å². The monoisotopic (exact) mass is 396 g/mol. The van der Waals surface area contributed by atoms with Crippen LogP contribution in [0.2, 0.25) is 0 Å².